The molecule has 3 aromatic heterocycles. The van der Waals surface area contributed by atoms with E-state index >= 15 is 0 Å². The second-order valence-electron chi connectivity index (χ2n) is 5.88. The maximum absolute atomic E-state index is 4.55. The quantitative estimate of drug-likeness (QED) is 0.802. The molecular formula is C17H20N6. The predicted molar refractivity (Wildman–Crippen MR) is 89.4 cm³/mol. The van der Waals surface area contributed by atoms with Crippen molar-refractivity contribution >= 4 is 11.5 Å². The molecule has 2 unspecified atom stereocenters. The number of rotatable bonds is 3. The summed E-state index contributed by atoms with van der Waals surface area (Å²) >= 11 is 0. The lowest BCUT2D eigenvalue weighted by atomic mass is 9.95. The van der Waals surface area contributed by atoms with Crippen molar-refractivity contribution in [3.05, 3.63) is 54.6 Å². The second-order valence-corrected chi connectivity index (χ2v) is 5.88. The van der Waals surface area contributed by atoms with Gasteiger partial charge in [-0.2, -0.15) is 5.10 Å². The fraction of sp³-hybridized carbons (Fsp3) is 0.353. The van der Waals surface area contributed by atoms with Crippen molar-refractivity contribution in [1.82, 2.24) is 24.9 Å². The average Bonchev–Trinajstić information content (AvgIpc) is 3.06. The van der Waals surface area contributed by atoms with Gasteiger partial charge in [-0.25, -0.2) is 14.5 Å². The van der Waals surface area contributed by atoms with Gasteiger partial charge in [-0.3, -0.25) is 0 Å². The lowest BCUT2D eigenvalue weighted by molar-refractivity contribution is 0.369. The van der Waals surface area contributed by atoms with Crippen LogP contribution in [0.3, 0.4) is 0 Å². The van der Waals surface area contributed by atoms with E-state index in [1.54, 1.807) is 0 Å². The van der Waals surface area contributed by atoms with Crippen molar-refractivity contribution in [2.24, 2.45) is 0 Å². The summed E-state index contributed by atoms with van der Waals surface area (Å²) in [4.78, 5) is 11.4. The van der Waals surface area contributed by atoms with Crippen LogP contribution in [0.1, 0.15) is 24.6 Å². The predicted octanol–water partition coefficient (Wildman–Crippen LogP) is 2.05. The summed E-state index contributed by atoms with van der Waals surface area (Å²) in [6.07, 6.45) is 7.72. The van der Waals surface area contributed by atoms with E-state index in [0.29, 0.717) is 6.04 Å². The van der Waals surface area contributed by atoms with Gasteiger partial charge in [0.1, 0.15) is 5.82 Å². The average molecular weight is 308 g/mol. The highest BCUT2D eigenvalue weighted by molar-refractivity contribution is 5.45. The maximum atomic E-state index is 4.55. The third-order valence-electron chi connectivity index (χ3n) is 4.60. The van der Waals surface area contributed by atoms with Crippen molar-refractivity contribution in [2.45, 2.75) is 24.9 Å². The van der Waals surface area contributed by atoms with Crippen molar-refractivity contribution in [1.29, 1.82) is 0 Å². The SMILES string of the molecule is CNC1CCN(c2ccccn2)C(c2cnc3cccnn23)C1. The standard InChI is InChI=1S/C17H20N6/c1-18-13-7-10-22(16-5-2-3-8-19-16)14(11-13)15-12-20-17-6-4-9-21-23(15)17/h2-6,8-9,12-14,18H,7,10-11H2,1H3. The Morgan fingerprint density at radius 2 is 2.09 bits per heavy atom. The highest BCUT2D eigenvalue weighted by Crippen LogP contribution is 2.34. The van der Waals surface area contributed by atoms with E-state index in [1.807, 2.05) is 54.4 Å². The molecule has 1 aliphatic rings. The summed E-state index contributed by atoms with van der Waals surface area (Å²) in [5, 5.41) is 7.90. The van der Waals surface area contributed by atoms with E-state index in [4.69, 9.17) is 0 Å². The molecule has 6 nitrogen and oxygen atoms in total. The first-order chi connectivity index (χ1) is 11.4. The zero-order valence-electron chi connectivity index (χ0n) is 13.1. The lowest BCUT2D eigenvalue weighted by Gasteiger charge is -2.39. The third kappa shape index (κ3) is 2.55. The molecule has 1 N–H and O–H groups in total. The number of fused-ring (bicyclic) bond motifs is 1. The number of hydrogen-bond acceptors (Lipinski definition) is 5. The zero-order chi connectivity index (χ0) is 15.6. The van der Waals surface area contributed by atoms with Gasteiger partial charge in [-0.15, -0.1) is 0 Å². The Kier molecular flexibility index (Phi) is 3.67. The second kappa shape index (κ2) is 5.96. The molecule has 0 saturated carbocycles. The van der Waals surface area contributed by atoms with E-state index in [9.17, 15) is 0 Å². The van der Waals surface area contributed by atoms with E-state index in [0.717, 1.165) is 36.5 Å². The van der Waals surface area contributed by atoms with Crippen molar-refractivity contribution in [3.8, 4) is 0 Å². The van der Waals surface area contributed by atoms with Crippen LogP contribution >= 0.6 is 0 Å². The van der Waals surface area contributed by atoms with Crippen LogP contribution in [0, 0.1) is 0 Å². The van der Waals surface area contributed by atoms with E-state index in [2.05, 4.69) is 31.3 Å². The van der Waals surface area contributed by atoms with E-state index < -0.39 is 0 Å². The highest BCUT2D eigenvalue weighted by Gasteiger charge is 2.32. The lowest BCUT2D eigenvalue weighted by Crippen LogP contribution is -2.44. The topological polar surface area (TPSA) is 58.3 Å². The fourth-order valence-electron chi connectivity index (χ4n) is 3.38. The number of aromatic nitrogens is 4. The summed E-state index contributed by atoms with van der Waals surface area (Å²) in [5.74, 6) is 1.01. The minimum Gasteiger partial charge on any atom is -0.348 e. The number of piperidine rings is 1. The molecule has 1 fully saturated rings. The molecule has 118 valence electrons. The van der Waals surface area contributed by atoms with E-state index in [-0.39, 0.29) is 6.04 Å². The Morgan fingerprint density at radius 3 is 2.91 bits per heavy atom. The van der Waals surface area contributed by atoms with E-state index in [1.165, 1.54) is 0 Å². The van der Waals surface area contributed by atoms with Gasteiger partial charge < -0.3 is 10.2 Å². The molecule has 0 aliphatic carbocycles. The number of hydrogen-bond donors (Lipinski definition) is 1. The molecule has 4 heterocycles. The summed E-state index contributed by atoms with van der Waals surface area (Å²) in [6.45, 7) is 0.966. The molecule has 4 rings (SSSR count). The Bertz CT molecular complexity index is 784. The summed E-state index contributed by atoms with van der Waals surface area (Å²) in [7, 11) is 2.03. The molecular weight excluding hydrogens is 288 g/mol. The number of nitrogens with zero attached hydrogens (tertiary/aromatic N) is 5. The normalized spacial score (nSPS) is 21.7. The summed E-state index contributed by atoms with van der Waals surface area (Å²) in [5.41, 5.74) is 2.00. The molecule has 23 heavy (non-hydrogen) atoms. The van der Waals surface area contributed by atoms with Gasteiger partial charge in [0.25, 0.3) is 0 Å². The zero-order valence-corrected chi connectivity index (χ0v) is 13.1. The van der Waals surface area contributed by atoms with Gasteiger partial charge in [0.05, 0.1) is 17.9 Å². The summed E-state index contributed by atoms with van der Waals surface area (Å²) in [6, 6.07) is 10.7. The summed E-state index contributed by atoms with van der Waals surface area (Å²) < 4.78 is 1.94. The Morgan fingerprint density at radius 1 is 1.13 bits per heavy atom. The molecule has 0 aromatic carbocycles. The molecule has 0 amide bonds. The molecule has 0 bridgehead atoms. The van der Waals surface area contributed by atoms with Crippen LogP contribution in [-0.4, -0.2) is 39.2 Å². The number of anilines is 1. The third-order valence-corrected chi connectivity index (χ3v) is 4.60. The smallest absolute Gasteiger partial charge is 0.153 e. The minimum absolute atomic E-state index is 0.209. The first-order valence-corrected chi connectivity index (χ1v) is 8.00. The molecule has 1 saturated heterocycles. The van der Waals surface area contributed by atoms with Gasteiger partial charge in [0, 0.05) is 25.0 Å². The van der Waals surface area contributed by atoms with Crippen molar-refractivity contribution < 1.29 is 0 Å². The highest BCUT2D eigenvalue weighted by atomic mass is 15.3. The maximum Gasteiger partial charge on any atom is 0.153 e. The molecule has 2 atom stereocenters. The van der Waals surface area contributed by atoms with Crippen LogP contribution in [0.15, 0.2) is 48.9 Å². The van der Waals surface area contributed by atoms with Gasteiger partial charge in [-0.05, 0) is 44.2 Å². The van der Waals surface area contributed by atoms with Crippen LogP contribution in [-0.2, 0) is 0 Å². The van der Waals surface area contributed by atoms with Gasteiger partial charge >= 0.3 is 0 Å². The number of pyridine rings is 1. The minimum atomic E-state index is 0.209. The first kappa shape index (κ1) is 14.1. The molecule has 0 spiro atoms. The molecule has 6 heteroatoms. The Balaban J connectivity index is 1.77. The van der Waals surface area contributed by atoms with Crippen LogP contribution in [0.25, 0.3) is 5.65 Å². The fourth-order valence-corrected chi connectivity index (χ4v) is 3.38. The van der Waals surface area contributed by atoms with Crippen LogP contribution in [0.4, 0.5) is 5.82 Å². The molecule has 3 aromatic rings. The molecule has 1 aliphatic heterocycles. The van der Waals surface area contributed by atoms with Gasteiger partial charge in [0.2, 0.25) is 0 Å². The van der Waals surface area contributed by atoms with Crippen LogP contribution in [0.5, 0.6) is 0 Å². The van der Waals surface area contributed by atoms with Crippen LogP contribution < -0.4 is 10.2 Å². The first-order valence-electron chi connectivity index (χ1n) is 8.00. The van der Waals surface area contributed by atoms with Crippen LogP contribution in [0.2, 0.25) is 0 Å². The number of nitrogens with one attached hydrogen (secondary N) is 1. The monoisotopic (exact) mass is 308 g/mol. The van der Waals surface area contributed by atoms with Crippen molar-refractivity contribution in [2.75, 3.05) is 18.5 Å². The van der Waals surface area contributed by atoms with Gasteiger partial charge in [-0.1, -0.05) is 6.07 Å². The largest absolute Gasteiger partial charge is 0.348 e. The molecule has 0 radical (unpaired) electrons. The van der Waals surface area contributed by atoms with Crippen molar-refractivity contribution in [3.63, 3.8) is 0 Å². The van der Waals surface area contributed by atoms with Gasteiger partial charge in [0.15, 0.2) is 5.65 Å². The Labute approximate surface area is 135 Å². The Hall–Kier alpha value is -2.47. The number of imidazole rings is 1.